The maximum atomic E-state index is 12.4. The number of nitrogens with two attached hydrogens (primary N) is 1. The lowest BCUT2D eigenvalue weighted by Gasteiger charge is -2.31. The van der Waals surface area contributed by atoms with Crippen molar-refractivity contribution in [2.24, 2.45) is 5.73 Å². The van der Waals surface area contributed by atoms with Crippen LogP contribution in [0.25, 0.3) is 0 Å². The van der Waals surface area contributed by atoms with Crippen LogP contribution in [0.5, 0.6) is 0 Å². The fourth-order valence-electron chi connectivity index (χ4n) is 2.88. The SMILES string of the molecule is CC(C)(N)c1cn(C2CCN(C(=O)CSc3ccccc3)CC2)nn1. The Morgan fingerprint density at radius 2 is 1.96 bits per heavy atom. The summed E-state index contributed by atoms with van der Waals surface area (Å²) in [4.78, 5) is 15.5. The molecule has 1 aromatic heterocycles. The fraction of sp³-hybridized carbons (Fsp3) is 0.500. The number of thioether (sulfide) groups is 1. The van der Waals surface area contributed by atoms with Crippen LogP contribution in [-0.2, 0) is 10.3 Å². The first-order valence-corrected chi connectivity index (χ1v) is 9.59. The number of carbonyl (C=O) groups excluding carboxylic acids is 1. The van der Waals surface area contributed by atoms with Crippen LogP contribution in [0.15, 0.2) is 41.4 Å². The van der Waals surface area contributed by atoms with E-state index in [9.17, 15) is 4.79 Å². The van der Waals surface area contributed by atoms with Gasteiger partial charge in [-0.05, 0) is 38.8 Å². The van der Waals surface area contributed by atoms with Crippen molar-refractivity contribution in [2.45, 2.75) is 43.2 Å². The molecule has 0 spiro atoms. The third-order valence-electron chi connectivity index (χ3n) is 4.47. The van der Waals surface area contributed by atoms with Gasteiger partial charge in [0, 0.05) is 18.0 Å². The Kier molecular flexibility index (Phi) is 5.44. The molecular weight excluding hydrogens is 334 g/mol. The fourth-order valence-corrected chi connectivity index (χ4v) is 3.71. The van der Waals surface area contributed by atoms with Gasteiger partial charge in [-0.15, -0.1) is 16.9 Å². The number of aromatic nitrogens is 3. The lowest BCUT2D eigenvalue weighted by molar-refractivity contribution is -0.129. The summed E-state index contributed by atoms with van der Waals surface area (Å²) in [5.41, 5.74) is 6.39. The van der Waals surface area contributed by atoms with E-state index in [1.807, 2.05) is 60.0 Å². The number of amides is 1. The molecular formula is C18H25N5OS. The summed E-state index contributed by atoms with van der Waals surface area (Å²) < 4.78 is 1.91. The number of hydrogen-bond donors (Lipinski definition) is 1. The van der Waals surface area contributed by atoms with Crippen molar-refractivity contribution >= 4 is 17.7 Å². The molecule has 7 heteroatoms. The van der Waals surface area contributed by atoms with Gasteiger partial charge in [-0.25, -0.2) is 4.68 Å². The topological polar surface area (TPSA) is 77.0 Å². The van der Waals surface area contributed by atoms with E-state index in [4.69, 9.17) is 5.73 Å². The average molecular weight is 359 g/mol. The van der Waals surface area contributed by atoms with Crippen molar-refractivity contribution in [3.05, 3.63) is 42.2 Å². The molecule has 3 rings (SSSR count). The van der Waals surface area contributed by atoms with Gasteiger partial charge in [0.25, 0.3) is 0 Å². The number of carbonyl (C=O) groups is 1. The second-order valence-corrected chi connectivity index (χ2v) is 8.07. The molecule has 1 aromatic carbocycles. The highest BCUT2D eigenvalue weighted by atomic mass is 32.2. The molecule has 1 fully saturated rings. The molecule has 1 amide bonds. The normalized spacial score (nSPS) is 16.2. The molecule has 25 heavy (non-hydrogen) atoms. The molecule has 1 aliphatic heterocycles. The Balaban J connectivity index is 1.50. The maximum absolute atomic E-state index is 12.4. The van der Waals surface area contributed by atoms with Crippen LogP contribution in [0.4, 0.5) is 0 Å². The van der Waals surface area contributed by atoms with Crippen LogP contribution in [-0.4, -0.2) is 44.6 Å². The summed E-state index contributed by atoms with van der Waals surface area (Å²) in [7, 11) is 0. The van der Waals surface area contributed by atoms with Crippen molar-refractivity contribution in [3.8, 4) is 0 Å². The molecule has 0 aliphatic carbocycles. The van der Waals surface area contributed by atoms with Crippen molar-refractivity contribution in [2.75, 3.05) is 18.8 Å². The maximum Gasteiger partial charge on any atom is 0.232 e. The summed E-state index contributed by atoms with van der Waals surface area (Å²) in [5, 5.41) is 8.42. The number of likely N-dealkylation sites (tertiary alicyclic amines) is 1. The smallest absolute Gasteiger partial charge is 0.232 e. The van der Waals surface area contributed by atoms with E-state index >= 15 is 0 Å². The lowest BCUT2D eigenvalue weighted by Crippen LogP contribution is -2.40. The van der Waals surface area contributed by atoms with Crippen molar-refractivity contribution in [3.63, 3.8) is 0 Å². The Morgan fingerprint density at radius 1 is 1.28 bits per heavy atom. The first kappa shape index (κ1) is 17.9. The molecule has 1 saturated heterocycles. The van der Waals surface area contributed by atoms with E-state index < -0.39 is 5.54 Å². The summed E-state index contributed by atoms with van der Waals surface area (Å²) in [6.07, 6.45) is 3.73. The predicted octanol–water partition coefficient (Wildman–Crippen LogP) is 2.43. The highest BCUT2D eigenvalue weighted by molar-refractivity contribution is 8.00. The standard InChI is InChI=1S/C18H25N5OS/c1-18(2,19)16-12-23(21-20-16)14-8-10-22(11-9-14)17(24)13-25-15-6-4-3-5-7-15/h3-7,12,14H,8-11,13,19H2,1-2H3. The summed E-state index contributed by atoms with van der Waals surface area (Å²) in [6.45, 7) is 5.38. The molecule has 2 heterocycles. The van der Waals surface area contributed by atoms with Gasteiger partial charge >= 0.3 is 0 Å². The minimum absolute atomic E-state index is 0.203. The number of nitrogens with zero attached hydrogens (tertiary/aromatic N) is 4. The number of benzene rings is 1. The zero-order chi connectivity index (χ0) is 17.9. The van der Waals surface area contributed by atoms with E-state index in [0.717, 1.165) is 36.5 Å². The molecule has 0 atom stereocenters. The average Bonchev–Trinajstić information content (AvgIpc) is 3.11. The second-order valence-electron chi connectivity index (χ2n) is 7.02. The zero-order valence-corrected chi connectivity index (χ0v) is 15.6. The van der Waals surface area contributed by atoms with Gasteiger partial charge in [0.2, 0.25) is 5.91 Å². The Morgan fingerprint density at radius 3 is 2.56 bits per heavy atom. The summed E-state index contributed by atoms with van der Waals surface area (Å²) in [5.74, 6) is 0.693. The number of piperidine rings is 1. The summed E-state index contributed by atoms with van der Waals surface area (Å²) >= 11 is 1.59. The highest BCUT2D eigenvalue weighted by Gasteiger charge is 2.26. The molecule has 0 bridgehead atoms. The van der Waals surface area contributed by atoms with Gasteiger partial charge in [0.05, 0.1) is 23.5 Å². The third-order valence-corrected chi connectivity index (χ3v) is 5.46. The van der Waals surface area contributed by atoms with Gasteiger partial charge in [-0.2, -0.15) is 0 Å². The van der Waals surface area contributed by atoms with Gasteiger partial charge in [0.15, 0.2) is 0 Å². The molecule has 134 valence electrons. The first-order valence-electron chi connectivity index (χ1n) is 8.60. The van der Waals surface area contributed by atoms with E-state index in [1.54, 1.807) is 11.8 Å². The zero-order valence-electron chi connectivity index (χ0n) is 14.8. The van der Waals surface area contributed by atoms with E-state index in [-0.39, 0.29) is 11.9 Å². The van der Waals surface area contributed by atoms with Crippen LogP contribution < -0.4 is 5.73 Å². The Hall–Kier alpha value is -1.86. The van der Waals surface area contributed by atoms with Crippen LogP contribution in [0.1, 0.15) is 38.4 Å². The molecule has 0 unspecified atom stereocenters. The van der Waals surface area contributed by atoms with Gasteiger partial charge in [-0.3, -0.25) is 4.79 Å². The minimum atomic E-state index is -0.483. The van der Waals surface area contributed by atoms with E-state index in [0.29, 0.717) is 5.75 Å². The second kappa shape index (κ2) is 7.58. The minimum Gasteiger partial charge on any atom is -0.342 e. The molecule has 2 aromatic rings. The largest absolute Gasteiger partial charge is 0.342 e. The van der Waals surface area contributed by atoms with Gasteiger partial charge in [0.1, 0.15) is 5.69 Å². The van der Waals surface area contributed by atoms with Crippen LogP contribution in [0.2, 0.25) is 0 Å². The number of rotatable bonds is 5. The molecule has 1 aliphatic rings. The Bertz CT molecular complexity index is 702. The molecule has 2 N–H and O–H groups in total. The van der Waals surface area contributed by atoms with Gasteiger partial charge < -0.3 is 10.6 Å². The first-order chi connectivity index (χ1) is 11.9. The van der Waals surface area contributed by atoms with Crippen LogP contribution >= 0.6 is 11.8 Å². The lowest BCUT2D eigenvalue weighted by atomic mass is 10.0. The molecule has 0 saturated carbocycles. The van der Waals surface area contributed by atoms with Crippen molar-refractivity contribution in [1.82, 2.24) is 19.9 Å². The molecule has 0 radical (unpaired) electrons. The van der Waals surface area contributed by atoms with E-state index in [2.05, 4.69) is 10.3 Å². The number of hydrogen-bond acceptors (Lipinski definition) is 5. The quantitative estimate of drug-likeness (QED) is 0.830. The van der Waals surface area contributed by atoms with E-state index in [1.165, 1.54) is 0 Å². The van der Waals surface area contributed by atoms with Gasteiger partial charge in [-0.1, -0.05) is 23.4 Å². The third kappa shape index (κ3) is 4.61. The highest BCUT2D eigenvalue weighted by Crippen LogP contribution is 2.25. The van der Waals surface area contributed by atoms with Crippen LogP contribution in [0.3, 0.4) is 0 Å². The molecule has 6 nitrogen and oxygen atoms in total. The summed E-state index contributed by atoms with van der Waals surface area (Å²) in [6, 6.07) is 10.3. The predicted molar refractivity (Wildman–Crippen MR) is 99.3 cm³/mol. The Labute approximate surface area is 152 Å². The van der Waals surface area contributed by atoms with Crippen LogP contribution in [0, 0.1) is 0 Å². The van der Waals surface area contributed by atoms with Crippen molar-refractivity contribution < 1.29 is 4.79 Å². The van der Waals surface area contributed by atoms with Crippen molar-refractivity contribution in [1.29, 1.82) is 0 Å². The monoisotopic (exact) mass is 359 g/mol.